The Balaban J connectivity index is 2.52. The Hall–Kier alpha value is -2.19. The van der Waals surface area contributed by atoms with E-state index in [0.29, 0.717) is 0 Å². The maximum Gasteiger partial charge on any atom is 0.190 e. The molecule has 0 atom stereocenters. The Labute approximate surface area is 139 Å². The van der Waals surface area contributed by atoms with Crippen LogP contribution in [0.4, 0.5) is 0 Å². The van der Waals surface area contributed by atoms with Crippen LogP contribution in [0.3, 0.4) is 0 Å². The molecule has 0 bridgehead atoms. The highest BCUT2D eigenvalue weighted by molar-refractivity contribution is 6.14. The van der Waals surface area contributed by atoms with Crippen LogP contribution in [-0.2, 0) is 0 Å². The molecule has 0 heterocycles. The second-order valence-electron chi connectivity index (χ2n) is 5.77. The minimum absolute atomic E-state index is 0.0561. The zero-order valence-corrected chi connectivity index (χ0v) is 14.0. The highest BCUT2D eigenvalue weighted by atomic mass is 16.1. The number of benzene rings is 2. The van der Waals surface area contributed by atoms with Gasteiger partial charge >= 0.3 is 0 Å². The number of Topliss-reactive ketones (excluding diaryl/α,β-unsaturated/α-hetero) is 1. The fourth-order valence-electron chi connectivity index (χ4n) is 2.81. The van der Waals surface area contributed by atoms with Crippen molar-refractivity contribution in [2.45, 2.75) is 33.1 Å². The first-order valence-electron chi connectivity index (χ1n) is 8.26. The van der Waals surface area contributed by atoms with Crippen LogP contribution in [0.5, 0.6) is 0 Å². The van der Waals surface area contributed by atoms with Crippen LogP contribution in [0.2, 0.25) is 0 Å². The van der Waals surface area contributed by atoms with Gasteiger partial charge in [0.2, 0.25) is 0 Å². The van der Waals surface area contributed by atoms with Gasteiger partial charge in [-0.05, 0) is 36.5 Å². The lowest BCUT2D eigenvalue weighted by Gasteiger charge is -2.15. The summed E-state index contributed by atoms with van der Waals surface area (Å²) in [6.45, 7) is 4.39. The smallest absolute Gasteiger partial charge is 0.190 e. The molecule has 0 fully saturated rings. The molecule has 120 valence electrons. The molecule has 0 aromatic heterocycles. The van der Waals surface area contributed by atoms with E-state index in [-0.39, 0.29) is 12.3 Å². The fraction of sp³-hybridized carbons (Fsp3) is 0.286. The van der Waals surface area contributed by atoms with E-state index < -0.39 is 0 Å². The van der Waals surface area contributed by atoms with Crippen molar-refractivity contribution in [2.24, 2.45) is 5.73 Å². The predicted molar refractivity (Wildman–Crippen MR) is 97.5 cm³/mol. The monoisotopic (exact) mass is 307 g/mol. The zero-order chi connectivity index (χ0) is 16.7. The van der Waals surface area contributed by atoms with E-state index in [1.54, 1.807) is 0 Å². The average molecular weight is 307 g/mol. The van der Waals surface area contributed by atoms with Gasteiger partial charge in [0, 0.05) is 17.7 Å². The van der Waals surface area contributed by atoms with Gasteiger partial charge in [0.1, 0.15) is 0 Å². The number of ketones is 1. The first-order chi connectivity index (χ1) is 11.2. The third-order valence-corrected chi connectivity index (χ3v) is 4.13. The van der Waals surface area contributed by atoms with Crippen molar-refractivity contribution in [3.8, 4) is 0 Å². The topological polar surface area (TPSA) is 43.1 Å². The van der Waals surface area contributed by atoms with E-state index in [2.05, 4.69) is 19.1 Å². The van der Waals surface area contributed by atoms with Gasteiger partial charge in [0.25, 0.3) is 0 Å². The molecule has 0 aliphatic heterocycles. The van der Waals surface area contributed by atoms with Crippen molar-refractivity contribution in [1.29, 1.82) is 0 Å². The molecule has 2 N–H and O–H groups in total. The quantitative estimate of drug-likeness (QED) is 0.591. The molecule has 0 radical (unpaired) electrons. The zero-order valence-electron chi connectivity index (χ0n) is 14.0. The summed E-state index contributed by atoms with van der Waals surface area (Å²) >= 11 is 0. The van der Waals surface area contributed by atoms with E-state index in [4.69, 9.17) is 5.73 Å². The number of rotatable bonds is 7. The Morgan fingerprint density at radius 2 is 1.65 bits per heavy atom. The van der Waals surface area contributed by atoms with E-state index >= 15 is 0 Å². The summed E-state index contributed by atoms with van der Waals surface area (Å²) in [5, 5.41) is 0. The van der Waals surface area contributed by atoms with Crippen molar-refractivity contribution in [2.75, 3.05) is 6.54 Å². The lowest BCUT2D eigenvalue weighted by Crippen LogP contribution is -2.16. The Kier molecular flexibility index (Phi) is 6.30. The molecular formula is C21H25NO. The lowest BCUT2D eigenvalue weighted by atomic mass is 9.89. The van der Waals surface area contributed by atoms with Gasteiger partial charge in [-0.15, -0.1) is 0 Å². The van der Waals surface area contributed by atoms with E-state index in [0.717, 1.165) is 47.1 Å². The minimum Gasteiger partial charge on any atom is -0.326 e. The second-order valence-corrected chi connectivity index (χ2v) is 5.77. The Bertz CT molecular complexity index is 686. The molecule has 2 heteroatoms. The number of nitrogens with two attached hydrogens (primary N) is 1. The van der Waals surface area contributed by atoms with Crippen molar-refractivity contribution in [3.63, 3.8) is 0 Å². The molecule has 2 aromatic rings. The molecule has 0 spiro atoms. The molecule has 23 heavy (non-hydrogen) atoms. The molecule has 0 aliphatic carbocycles. The lowest BCUT2D eigenvalue weighted by molar-refractivity contribution is 0.103. The van der Waals surface area contributed by atoms with Crippen LogP contribution in [0, 0.1) is 6.92 Å². The molecule has 0 saturated carbocycles. The van der Waals surface area contributed by atoms with Gasteiger partial charge in [-0.25, -0.2) is 0 Å². The van der Waals surface area contributed by atoms with Gasteiger partial charge in [-0.1, -0.05) is 67.9 Å². The SMILES string of the molecule is CCCC/C(=C(/CN)C(=O)c1ccccc1C)c1ccccc1. The van der Waals surface area contributed by atoms with Crippen LogP contribution in [0.1, 0.15) is 47.7 Å². The van der Waals surface area contributed by atoms with Gasteiger partial charge in [-0.2, -0.15) is 0 Å². The molecule has 2 rings (SSSR count). The maximum absolute atomic E-state index is 13.0. The minimum atomic E-state index is 0.0561. The van der Waals surface area contributed by atoms with E-state index in [1.165, 1.54) is 0 Å². The van der Waals surface area contributed by atoms with Crippen LogP contribution in [0.25, 0.3) is 5.57 Å². The molecule has 0 saturated heterocycles. The normalized spacial score (nSPS) is 12.0. The summed E-state index contributed by atoms with van der Waals surface area (Å²) in [6.07, 6.45) is 3.02. The van der Waals surface area contributed by atoms with Crippen LogP contribution in [0.15, 0.2) is 60.2 Å². The summed E-state index contributed by atoms with van der Waals surface area (Å²) < 4.78 is 0. The van der Waals surface area contributed by atoms with Gasteiger partial charge in [0.15, 0.2) is 5.78 Å². The van der Waals surface area contributed by atoms with Gasteiger partial charge < -0.3 is 5.73 Å². The van der Waals surface area contributed by atoms with E-state index in [9.17, 15) is 4.79 Å². The van der Waals surface area contributed by atoms with Crippen molar-refractivity contribution in [1.82, 2.24) is 0 Å². The van der Waals surface area contributed by atoms with Crippen LogP contribution >= 0.6 is 0 Å². The molecule has 0 amide bonds. The average Bonchev–Trinajstić information content (AvgIpc) is 2.59. The van der Waals surface area contributed by atoms with Crippen molar-refractivity contribution >= 4 is 11.4 Å². The number of carbonyl (C=O) groups excluding carboxylic acids is 1. The molecular weight excluding hydrogens is 282 g/mol. The summed E-state index contributed by atoms with van der Waals surface area (Å²) in [6, 6.07) is 17.8. The molecule has 2 aromatic carbocycles. The second kappa shape index (κ2) is 8.44. The molecule has 0 aliphatic rings. The summed E-state index contributed by atoms with van der Waals surface area (Å²) in [5.41, 5.74) is 10.7. The molecule has 0 unspecified atom stereocenters. The third-order valence-electron chi connectivity index (χ3n) is 4.13. The van der Waals surface area contributed by atoms with Crippen LogP contribution < -0.4 is 5.73 Å². The number of carbonyl (C=O) groups is 1. The highest BCUT2D eigenvalue weighted by Gasteiger charge is 2.18. The van der Waals surface area contributed by atoms with Gasteiger partial charge in [0.05, 0.1) is 0 Å². The highest BCUT2D eigenvalue weighted by Crippen LogP contribution is 2.27. The van der Waals surface area contributed by atoms with Gasteiger partial charge in [-0.3, -0.25) is 4.79 Å². The number of unbranched alkanes of at least 4 members (excludes halogenated alkanes) is 1. The standard InChI is InChI=1S/C21H25NO/c1-3-4-13-19(17-11-6-5-7-12-17)20(15-22)21(23)18-14-9-8-10-16(18)2/h5-12,14H,3-4,13,15,22H2,1-2H3/b20-19+. The number of allylic oxidation sites excluding steroid dienone is 1. The number of aryl methyl sites for hydroxylation is 1. The summed E-state index contributed by atoms with van der Waals surface area (Å²) in [4.78, 5) is 13.0. The Morgan fingerprint density at radius 1 is 1.00 bits per heavy atom. The van der Waals surface area contributed by atoms with Crippen LogP contribution in [-0.4, -0.2) is 12.3 Å². The first kappa shape index (κ1) is 17.2. The summed E-state index contributed by atoms with van der Waals surface area (Å²) in [5.74, 6) is 0.0561. The third kappa shape index (κ3) is 4.17. The summed E-state index contributed by atoms with van der Waals surface area (Å²) in [7, 11) is 0. The largest absolute Gasteiger partial charge is 0.326 e. The molecule has 2 nitrogen and oxygen atoms in total. The van der Waals surface area contributed by atoms with Crippen molar-refractivity contribution in [3.05, 3.63) is 76.9 Å². The number of hydrogen-bond acceptors (Lipinski definition) is 2. The number of hydrogen-bond donors (Lipinski definition) is 1. The van der Waals surface area contributed by atoms with Crippen molar-refractivity contribution < 1.29 is 4.79 Å². The fourth-order valence-corrected chi connectivity index (χ4v) is 2.81. The maximum atomic E-state index is 13.0. The van der Waals surface area contributed by atoms with E-state index in [1.807, 2.05) is 49.4 Å². The first-order valence-corrected chi connectivity index (χ1v) is 8.26. The predicted octanol–water partition coefficient (Wildman–Crippen LogP) is 4.78. The Morgan fingerprint density at radius 3 is 2.26 bits per heavy atom.